The molecule has 0 heterocycles. The quantitative estimate of drug-likeness (QED) is 0.605. The summed E-state index contributed by atoms with van der Waals surface area (Å²) in [5.41, 5.74) is 2.23. The second-order valence-electron chi connectivity index (χ2n) is 6.98. The first-order chi connectivity index (χ1) is 12.2. The fraction of sp³-hybridized carbons (Fsp3) is 0.478. The van der Waals surface area contributed by atoms with Crippen LogP contribution < -0.4 is 0 Å². The molecule has 2 nitrogen and oxygen atoms in total. The van der Waals surface area contributed by atoms with E-state index < -0.39 is 0 Å². The Hall–Kier alpha value is -1.96. The molecule has 1 saturated carbocycles. The Morgan fingerprint density at radius 1 is 0.800 bits per heavy atom. The van der Waals surface area contributed by atoms with Crippen LogP contribution in [0, 0.1) is 0 Å². The summed E-state index contributed by atoms with van der Waals surface area (Å²) < 4.78 is 0. The van der Waals surface area contributed by atoms with E-state index in [4.69, 9.17) is 0 Å². The van der Waals surface area contributed by atoms with Crippen LogP contribution in [0.4, 0.5) is 0 Å². The Labute approximate surface area is 152 Å². The molecule has 0 aliphatic heterocycles. The molecule has 0 unspecified atom stereocenters. The molecule has 0 aromatic heterocycles. The van der Waals surface area contributed by atoms with Crippen molar-refractivity contribution in [3.63, 3.8) is 0 Å². The third-order valence-electron chi connectivity index (χ3n) is 5.02. The van der Waals surface area contributed by atoms with Crippen molar-refractivity contribution in [2.75, 3.05) is 0 Å². The molecule has 2 heteroatoms. The molecular weight excluding hydrogens is 308 g/mol. The van der Waals surface area contributed by atoms with Gasteiger partial charge in [-0.1, -0.05) is 75.4 Å². The van der Waals surface area contributed by atoms with E-state index in [0.717, 1.165) is 17.5 Å². The minimum absolute atomic E-state index is 0.439. The summed E-state index contributed by atoms with van der Waals surface area (Å²) in [6.07, 6.45) is 11.1. The smallest absolute Gasteiger partial charge is 0.119 e. The number of phenolic OH excluding ortho intramolecular Hbond substituents is 2. The zero-order valence-corrected chi connectivity index (χ0v) is 15.5. The zero-order chi connectivity index (χ0) is 17.9. The maximum absolute atomic E-state index is 9.66. The fourth-order valence-corrected chi connectivity index (χ4v) is 3.53. The predicted octanol–water partition coefficient (Wildman–Crippen LogP) is 6.56. The Kier molecular flexibility index (Phi) is 8.38. The lowest BCUT2D eigenvalue weighted by atomic mass is 9.84. The van der Waals surface area contributed by atoms with E-state index in [9.17, 15) is 10.2 Å². The molecule has 0 atom stereocenters. The van der Waals surface area contributed by atoms with Gasteiger partial charge in [0.1, 0.15) is 11.5 Å². The first-order valence-electron chi connectivity index (χ1n) is 9.77. The van der Waals surface area contributed by atoms with Gasteiger partial charge in [-0.05, 0) is 54.9 Å². The van der Waals surface area contributed by atoms with E-state index in [1.54, 1.807) is 12.1 Å². The van der Waals surface area contributed by atoms with E-state index in [1.165, 1.54) is 51.4 Å². The van der Waals surface area contributed by atoms with Crippen molar-refractivity contribution < 1.29 is 10.2 Å². The number of hydrogen-bond donors (Lipinski definition) is 2. The Balaban J connectivity index is 0.000000181. The van der Waals surface area contributed by atoms with Crippen molar-refractivity contribution >= 4 is 0 Å². The van der Waals surface area contributed by atoms with E-state index >= 15 is 0 Å². The summed E-state index contributed by atoms with van der Waals surface area (Å²) in [4.78, 5) is 0. The second kappa shape index (κ2) is 10.8. The van der Waals surface area contributed by atoms with Gasteiger partial charge in [-0.15, -0.1) is 0 Å². The molecule has 1 fully saturated rings. The van der Waals surface area contributed by atoms with Gasteiger partial charge in [-0.3, -0.25) is 0 Å². The number of hydrogen-bond acceptors (Lipinski definition) is 2. The Morgan fingerprint density at radius 2 is 1.44 bits per heavy atom. The van der Waals surface area contributed by atoms with Crippen molar-refractivity contribution in [2.24, 2.45) is 0 Å². The highest BCUT2D eigenvalue weighted by molar-refractivity contribution is 5.35. The van der Waals surface area contributed by atoms with Gasteiger partial charge in [0.15, 0.2) is 0 Å². The maximum atomic E-state index is 9.66. The first-order valence-corrected chi connectivity index (χ1v) is 9.77. The van der Waals surface area contributed by atoms with Crippen molar-refractivity contribution in [2.45, 2.75) is 70.6 Å². The molecule has 2 aromatic rings. The van der Waals surface area contributed by atoms with Crippen LogP contribution >= 0.6 is 0 Å². The lowest BCUT2D eigenvalue weighted by Gasteiger charge is -2.22. The SMILES string of the molecule is CCCCCc1ccccc1O.Oc1ccccc1C1CCCCC1. The van der Waals surface area contributed by atoms with Gasteiger partial charge in [0.05, 0.1) is 0 Å². The molecule has 1 aliphatic carbocycles. The lowest BCUT2D eigenvalue weighted by molar-refractivity contribution is 0.414. The number of aromatic hydroxyl groups is 2. The van der Waals surface area contributed by atoms with Crippen LogP contribution in [0.3, 0.4) is 0 Å². The number of aryl methyl sites for hydroxylation is 1. The number of phenols is 2. The summed E-state index contributed by atoms with van der Waals surface area (Å²) in [5.74, 6) is 1.53. The molecule has 25 heavy (non-hydrogen) atoms. The standard InChI is InChI=1S/C12H16O.C11H16O/c13-12-9-5-4-8-11(12)10-6-2-1-3-7-10;1-2-3-4-7-10-8-5-6-9-11(10)12/h4-5,8-10,13H,1-3,6-7H2;5-6,8-9,12H,2-4,7H2,1H3. The summed E-state index contributed by atoms with van der Waals surface area (Å²) in [7, 11) is 0. The van der Waals surface area contributed by atoms with E-state index in [-0.39, 0.29) is 0 Å². The summed E-state index contributed by atoms with van der Waals surface area (Å²) in [6.45, 7) is 2.19. The van der Waals surface area contributed by atoms with Gasteiger partial charge in [-0.2, -0.15) is 0 Å². The first kappa shape index (κ1) is 19.4. The van der Waals surface area contributed by atoms with Crippen molar-refractivity contribution in [1.29, 1.82) is 0 Å². The molecule has 136 valence electrons. The minimum Gasteiger partial charge on any atom is -0.508 e. The number of rotatable bonds is 5. The predicted molar refractivity (Wildman–Crippen MR) is 105 cm³/mol. The molecule has 3 rings (SSSR count). The molecular formula is C23H32O2. The minimum atomic E-state index is 0.439. The van der Waals surface area contributed by atoms with Crippen molar-refractivity contribution in [3.05, 3.63) is 59.7 Å². The molecule has 0 bridgehead atoms. The van der Waals surface area contributed by atoms with Gasteiger partial charge >= 0.3 is 0 Å². The normalized spacial score (nSPS) is 14.6. The second-order valence-corrected chi connectivity index (χ2v) is 6.98. The van der Waals surface area contributed by atoms with Crippen LogP contribution in [0.15, 0.2) is 48.5 Å². The monoisotopic (exact) mass is 340 g/mol. The third kappa shape index (κ3) is 6.45. The highest BCUT2D eigenvalue weighted by atomic mass is 16.3. The molecule has 0 saturated heterocycles. The van der Waals surface area contributed by atoms with Gasteiger partial charge < -0.3 is 10.2 Å². The summed E-state index contributed by atoms with van der Waals surface area (Å²) in [5, 5.41) is 19.1. The highest BCUT2D eigenvalue weighted by Crippen LogP contribution is 2.36. The van der Waals surface area contributed by atoms with Crippen LogP contribution in [0.5, 0.6) is 11.5 Å². The fourth-order valence-electron chi connectivity index (χ4n) is 3.53. The van der Waals surface area contributed by atoms with Crippen LogP contribution in [-0.4, -0.2) is 10.2 Å². The summed E-state index contributed by atoms with van der Waals surface area (Å²) >= 11 is 0. The summed E-state index contributed by atoms with van der Waals surface area (Å²) in [6, 6.07) is 15.3. The lowest BCUT2D eigenvalue weighted by Crippen LogP contribution is -2.04. The third-order valence-corrected chi connectivity index (χ3v) is 5.02. The molecule has 0 spiro atoms. The number of benzene rings is 2. The number of unbranched alkanes of at least 4 members (excludes halogenated alkanes) is 2. The van der Waals surface area contributed by atoms with Crippen LogP contribution in [0.2, 0.25) is 0 Å². The largest absolute Gasteiger partial charge is 0.508 e. The number of para-hydroxylation sites is 2. The van der Waals surface area contributed by atoms with Crippen LogP contribution in [0.1, 0.15) is 75.3 Å². The molecule has 0 radical (unpaired) electrons. The van der Waals surface area contributed by atoms with Crippen molar-refractivity contribution in [1.82, 2.24) is 0 Å². The highest BCUT2D eigenvalue weighted by Gasteiger charge is 2.17. The maximum Gasteiger partial charge on any atom is 0.119 e. The average molecular weight is 341 g/mol. The average Bonchev–Trinajstić information content (AvgIpc) is 2.65. The van der Waals surface area contributed by atoms with Crippen molar-refractivity contribution in [3.8, 4) is 11.5 Å². The molecule has 2 N–H and O–H groups in total. The van der Waals surface area contributed by atoms with E-state index in [0.29, 0.717) is 17.4 Å². The Bertz CT molecular complexity index is 615. The molecule has 2 aromatic carbocycles. The van der Waals surface area contributed by atoms with Crippen LogP contribution in [0.25, 0.3) is 0 Å². The Morgan fingerprint density at radius 3 is 2.08 bits per heavy atom. The molecule has 0 amide bonds. The van der Waals surface area contributed by atoms with E-state index in [2.05, 4.69) is 13.0 Å². The van der Waals surface area contributed by atoms with Gasteiger partial charge in [0.25, 0.3) is 0 Å². The van der Waals surface area contributed by atoms with Gasteiger partial charge in [0.2, 0.25) is 0 Å². The van der Waals surface area contributed by atoms with Crippen LogP contribution in [-0.2, 0) is 6.42 Å². The van der Waals surface area contributed by atoms with Gasteiger partial charge in [-0.25, -0.2) is 0 Å². The van der Waals surface area contributed by atoms with Gasteiger partial charge in [0, 0.05) is 0 Å². The molecule has 1 aliphatic rings. The van der Waals surface area contributed by atoms with E-state index in [1.807, 2.05) is 30.3 Å². The zero-order valence-electron chi connectivity index (χ0n) is 15.5. The topological polar surface area (TPSA) is 40.5 Å².